The standard InChI is InChI=1S/C27H25ClN2O5/c1-15(2)16-7-9-18(10-8-16)30-24(17-6-5-11-29-14-17)23(26(32)27(30)33)25(31)19-12-20(28)22(35-4)13-21(19)34-3/h5-15,24,31H,1-4H3/b25-23+. The van der Waals surface area contributed by atoms with E-state index in [9.17, 15) is 14.7 Å². The largest absolute Gasteiger partial charge is 0.507 e. The van der Waals surface area contributed by atoms with Crippen molar-refractivity contribution in [3.8, 4) is 11.5 Å². The van der Waals surface area contributed by atoms with Gasteiger partial charge >= 0.3 is 0 Å². The second kappa shape index (κ2) is 9.80. The topological polar surface area (TPSA) is 89.0 Å². The van der Waals surface area contributed by atoms with Crippen molar-refractivity contribution in [2.45, 2.75) is 25.8 Å². The van der Waals surface area contributed by atoms with Crippen molar-refractivity contribution in [1.29, 1.82) is 0 Å². The summed E-state index contributed by atoms with van der Waals surface area (Å²) in [4.78, 5) is 32.2. The molecular formula is C27H25ClN2O5. The van der Waals surface area contributed by atoms with Gasteiger partial charge in [0.05, 0.1) is 36.4 Å². The highest BCUT2D eigenvalue weighted by molar-refractivity contribution is 6.51. The van der Waals surface area contributed by atoms with E-state index in [1.807, 2.05) is 12.1 Å². The number of anilines is 1. The number of benzene rings is 2. The highest BCUT2D eigenvalue weighted by Crippen LogP contribution is 2.44. The summed E-state index contributed by atoms with van der Waals surface area (Å²) in [5.74, 6) is -1.09. The number of hydrogen-bond acceptors (Lipinski definition) is 6. The van der Waals surface area contributed by atoms with Crippen molar-refractivity contribution in [3.05, 3.63) is 88.2 Å². The summed E-state index contributed by atoms with van der Waals surface area (Å²) in [5, 5.41) is 11.6. The number of aliphatic hydroxyl groups excluding tert-OH is 1. The molecule has 1 atom stereocenters. The van der Waals surface area contributed by atoms with Crippen LogP contribution in [0.1, 0.15) is 42.5 Å². The van der Waals surface area contributed by atoms with Gasteiger partial charge in [-0.05, 0) is 41.3 Å². The molecule has 35 heavy (non-hydrogen) atoms. The molecular weight excluding hydrogens is 468 g/mol. The summed E-state index contributed by atoms with van der Waals surface area (Å²) in [6.07, 6.45) is 3.16. The number of amides is 1. The minimum Gasteiger partial charge on any atom is -0.507 e. The third-order valence-corrected chi connectivity index (χ3v) is 6.31. The number of nitrogens with zero attached hydrogens (tertiary/aromatic N) is 2. The van der Waals surface area contributed by atoms with Crippen LogP contribution in [0.5, 0.6) is 11.5 Å². The first kappa shape index (κ1) is 24.3. The zero-order valence-electron chi connectivity index (χ0n) is 19.8. The maximum Gasteiger partial charge on any atom is 0.300 e. The van der Waals surface area contributed by atoms with E-state index in [1.54, 1.807) is 36.7 Å². The van der Waals surface area contributed by atoms with Crippen molar-refractivity contribution < 1.29 is 24.2 Å². The number of carbonyl (C=O) groups is 2. The fourth-order valence-corrected chi connectivity index (χ4v) is 4.40. The van der Waals surface area contributed by atoms with Crippen molar-refractivity contribution in [3.63, 3.8) is 0 Å². The second-order valence-electron chi connectivity index (χ2n) is 8.39. The van der Waals surface area contributed by atoms with Gasteiger partial charge in [0.25, 0.3) is 11.7 Å². The van der Waals surface area contributed by atoms with E-state index in [-0.39, 0.29) is 21.9 Å². The zero-order chi connectivity index (χ0) is 25.3. The van der Waals surface area contributed by atoms with Crippen LogP contribution in [-0.4, -0.2) is 36.0 Å². The molecule has 3 aromatic rings. The van der Waals surface area contributed by atoms with Gasteiger partial charge in [-0.3, -0.25) is 19.5 Å². The summed E-state index contributed by atoms with van der Waals surface area (Å²) in [5.41, 5.74) is 2.28. The normalized spacial score (nSPS) is 17.2. The van der Waals surface area contributed by atoms with E-state index in [0.717, 1.165) is 5.56 Å². The number of Topliss-reactive ketones (excluding diaryl/α,β-unsaturated/α-hetero) is 1. The summed E-state index contributed by atoms with van der Waals surface area (Å²) in [6, 6.07) is 13.0. The Labute approximate surface area is 208 Å². The van der Waals surface area contributed by atoms with Gasteiger partial charge in [-0.2, -0.15) is 0 Å². The van der Waals surface area contributed by atoms with Crippen LogP contribution in [0.2, 0.25) is 5.02 Å². The van der Waals surface area contributed by atoms with Crippen LogP contribution in [0.15, 0.2) is 66.5 Å². The van der Waals surface area contributed by atoms with E-state index >= 15 is 0 Å². The molecule has 1 saturated heterocycles. The third kappa shape index (κ3) is 4.35. The Morgan fingerprint density at radius 3 is 2.31 bits per heavy atom. The minimum atomic E-state index is -0.904. The Bertz CT molecular complexity index is 1300. The smallest absolute Gasteiger partial charge is 0.300 e. The van der Waals surface area contributed by atoms with Crippen molar-refractivity contribution in [2.75, 3.05) is 19.1 Å². The number of aromatic nitrogens is 1. The van der Waals surface area contributed by atoms with Gasteiger partial charge in [-0.25, -0.2) is 0 Å². The number of methoxy groups -OCH3 is 2. The van der Waals surface area contributed by atoms with Gasteiger partial charge in [0.2, 0.25) is 0 Å². The van der Waals surface area contributed by atoms with Gasteiger partial charge < -0.3 is 14.6 Å². The quantitative estimate of drug-likeness (QED) is 0.277. The maximum atomic E-state index is 13.3. The number of halogens is 1. The number of carbonyl (C=O) groups excluding carboxylic acids is 2. The number of ether oxygens (including phenoxy) is 2. The molecule has 4 rings (SSSR count). The van der Waals surface area contributed by atoms with E-state index < -0.39 is 23.5 Å². The Kier molecular flexibility index (Phi) is 6.80. The SMILES string of the molecule is COc1cc(OC)c(/C(O)=C2\C(=O)C(=O)N(c3ccc(C(C)C)cc3)C2c2cccnc2)cc1Cl. The highest BCUT2D eigenvalue weighted by atomic mass is 35.5. The van der Waals surface area contributed by atoms with Crippen molar-refractivity contribution >= 4 is 34.7 Å². The van der Waals surface area contributed by atoms with E-state index in [0.29, 0.717) is 22.9 Å². The van der Waals surface area contributed by atoms with Gasteiger partial charge in [0.15, 0.2) is 0 Å². The monoisotopic (exact) mass is 492 g/mol. The first-order chi connectivity index (χ1) is 16.8. The third-order valence-electron chi connectivity index (χ3n) is 6.01. The van der Waals surface area contributed by atoms with Gasteiger partial charge in [0, 0.05) is 24.1 Å². The predicted molar refractivity (Wildman–Crippen MR) is 134 cm³/mol. The molecule has 0 spiro atoms. The highest BCUT2D eigenvalue weighted by Gasteiger charge is 2.47. The molecule has 1 fully saturated rings. The molecule has 1 unspecified atom stereocenters. The lowest BCUT2D eigenvalue weighted by Gasteiger charge is -2.25. The number of hydrogen-bond donors (Lipinski definition) is 1. The van der Waals surface area contributed by atoms with Crippen molar-refractivity contribution in [2.24, 2.45) is 0 Å². The lowest BCUT2D eigenvalue weighted by Crippen LogP contribution is -2.29. The fourth-order valence-electron chi connectivity index (χ4n) is 4.16. The Morgan fingerprint density at radius 2 is 1.74 bits per heavy atom. The predicted octanol–water partition coefficient (Wildman–Crippen LogP) is 5.50. The molecule has 1 N–H and O–H groups in total. The Balaban J connectivity index is 1.94. The fraction of sp³-hybridized carbons (Fsp3) is 0.222. The summed E-state index contributed by atoms with van der Waals surface area (Å²) in [6.45, 7) is 4.15. The number of aliphatic hydroxyl groups is 1. The molecule has 2 aromatic carbocycles. The average molecular weight is 493 g/mol. The zero-order valence-corrected chi connectivity index (χ0v) is 20.5. The number of pyridine rings is 1. The second-order valence-corrected chi connectivity index (χ2v) is 8.80. The molecule has 1 aliphatic heterocycles. The van der Waals surface area contributed by atoms with Crippen LogP contribution in [0.4, 0.5) is 5.69 Å². The molecule has 8 heteroatoms. The van der Waals surface area contributed by atoms with Gasteiger partial charge in [0.1, 0.15) is 17.3 Å². The van der Waals surface area contributed by atoms with Gasteiger partial charge in [-0.15, -0.1) is 0 Å². The molecule has 1 aromatic heterocycles. The van der Waals surface area contributed by atoms with Crippen LogP contribution in [-0.2, 0) is 9.59 Å². The molecule has 0 bridgehead atoms. The molecule has 0 saturated carbocycles. The Morgan fingerprint density at radius 1 is 1.06 bits per heavy atom. The molecule has 2 heterocycles. The summed E-state index contributed by atoms with van der Waals surface area (Å²) in [7, 11) is 2.88. The molecule has 7 nitrogen and oxygen atoms in total. The molecule has 180 valence electrons. The van der Waals surface area contributed by atoms with Crippen LogP contribution < -0.4 is 14.4 Å². The van der Waals surface area contributed by atoms with Crippen LogP contribution >= 0.6 is 11.6 Å². The number of ketones is 1. The van der Waals surface area contributed by atoms with E-state index in [2.05, 4.69) is 18.8 Å². The summed E-state index contributed by atoms with van der Waals surface area (Å²) < 4.78 is 10.6. The summed E-state index contributed by atoms with van der Waals surface area (Å²) >= 11 is 6.31. The van der Waals surface area contributed by atoms with E-state index in [4.69, 9.17) is 21.1 Å². The van der Waals surface area contributed by atoms with E-state index in [1.165, 1.54) is 31.3 Å². The maximum absolute atomic E-state index is 13.3. The molecule has 1 aliphatic rings. The van der Waals surface area contributed by atoms with Crippen LogP contribution in [0.25, 0.3) is 5.76 Å². The molecule has 1 amide bonds. The average Bonchev–Trinajstić information content (AvgIpc) is 3.14. The number of rotatable bonds is 6. The van der Waals surface area contributed by atoms with Crippen LogP contribution in [0, 0.1) is 0 Å². The lowest BCUT2D eigenvalue weighted by atomic mass is 9.95. The first-order valence-corrected chi connectivity index (χ1v) is 11.4. The van der Waals surface area contributed by atoms with Gasteiger partial charge in [-0.1, -0.05) is 43.6 Å². The van der Waals surface area contributed by atoms with Crippen molar-refractivity contribution in [1.82, 2.24) is 4.98 Å². The molecule has 0 radical (unpaired) electrons. The first-order valence-electron chi connectivity index (χ1n) is 11.0. The lowest BCUT2D eigenvalue weighted by molar-refractivity contribution is -0.132. The Hall–Kier alpha value is -3.84. The minimum absolute atomic E-state index is 0.0875. The molecule has 0 aliphatic carbocycles. The van der Waals surface area contributed by atoms with Crippen LogP contribution in [0.3, 0.4) is 0 Å².